The first-order chi connectivity index (χ1) is 9.04. The molecule has 0 bridgehead atoms. The number of likely N-dealkylation sites (tertiary alicyclic amines) is 1. The number of carbonyl (C=O) groups is 2. The van der Waals surface area contributed by atoms with Crippen molar-refractivity contribution < 1.29 is 14.7 Å². The van der Waals surface area contributed by atoms with Crippen molar-refractivity contribution in [1.29, 1.82) is 0 Å². The molecule has 1 amide bonds. The molecule has 2 rings (SSSR count). The molecule has 1 saturated heterocycles. The molecule has 1 heterocycles. The van der Waals surface area contributed by atoms with Crippen molar-refractivity contribution in [3.8, 4) is 0 Å². The van der Waals surface area contributed by atoms with Crippen molar-refractivity contribution in [2.45, 2.75) is 11.8 Å². The number of rotatable bonds is 3. The van der Waals surface area contributed by atoms with E-state index in [0.717, 1.165) is 4.90 Å². The third kappa shape index (κ3) is 2.76. The zero-order valence-corrected chi connectivity index (χ0v) is 11.8. The number of hydrogen-bond acceptors (Lipinski definition) is 3. The van der Waals surface area contributed by atoms with Gasteiger partial charge in [-0.3, -0.25) is 9.59 Å². The molecule has 0 saturated carbocycles. The van der Waals surface area contributed by atoms with Crippen LogP contribution >= 0.6 is 11.8 Å². The van der Waals surface area contributed by atoms with Crippen LogP contribution in [-0.2, 0) is 4.79 Å². The predicted molar refractivity (Wildman–Crippen MR) is 74.4 cm³/mol. The van der Waals surface area contributed by atoms with Gasteiger partial charge in [-0.25, -0.2) is 0 Å². The number of carboxylic acid groups (broad SMARTS) is 1. The average molecular weight is 279 g/mol. The predicted octanol–water partition coefficient (Wildman–Crippen LogP) is 2.20. The molecule has 5 heteroatoms. The summed E-state index contributed by atoms with van der Waals surface area (Å²) in [5.41, 5.74) is 0.660. The van der Waals surface area contributed by atoms with Gasteiger partial charge in [-0.05, 0) is 24.3 Å². The molecule has 1 N–H and O–H groups in total. The van der Waals surface area contributed by atoms with Gasteiger partial charge in [0.25, 0.3) is 5.91 Å². The fourth-order valence-corrected chi connectivity index (χ4v) is 3.04. The van der Waals surface area contributed by atoms with Gasteiger partial charge in [0, 0.05) is 18.0 Å². The maximum Gasteiger partial charge on any atom is 0.308 e. The summed E-state index contributed by atoms with van der Waals surface area (Å²) in [6.45, 7) is 2.70. The molecule has 2 atom stereocenters. The molecular formula is C14H17NO3S. The van der Waals surface area contributed by atoms with Crippen LogP contribution in [0.15, 0.2) is 29.2 Å². The van der Waals surface area contributed by atoms with E-state index in [-0.39, 0.29) is 11.8 Å². The van der Waals surface area contributed by atoms with Gasteiger partial charge in [0.15, 0.2) is 0 Å². The molecule has 0 unspecified atom stereocenters. The van der Waals surface area contributed by atoms with E-state index in [1.807, 2.05) is 31.4 Å². The van der Waals surface area contributed by atoms with Crippen molar-refractivity contribution in [2.24, 2.45) is 11.8 Å². The summed E-state index contributed by atoms with van der Waals surface area (Å²) in [7, 11) is 0. The topological polar surface area (TPSA) is 57.6 Å². The van der Waals surface area contributed by atoms with Gasteiger partial charge >= 0.3 is 5.97 Å². The average Bonchev–Trinajstić information content (AvgIpc) is 2.80. The van der Waals surface area contributed by atoms with Crippen LogP contribution in [0.3, 0.4) is 0 Å². The molecule has 102 valence electrons. The Morgan fingerprint density at radius 1 is 1.32 bits per heavy atom. The molecule has 0 aromatic heterocycles. The van der Waals surface area contributed by atoms with E-state index >= 15 is 0 Å². The maximum atomic E-state index is 12.5. The van der Waals surface area contributed by atoms with Crippen molar-refractivity contribution in [2.75, 3.05) is 19.3 Å². The fourth-order valence-electron chi connectivity index (χ4n) is 2.45. The minimum absolute atomic E-state index is 0.00268. The van der Waals surface area contributed by atoms with Gasteiger partial charge < -0.3 is 10.0 Å². The second kappa shape index (κ2) is 5.65. The van der Waals surface area contributed by atoms with Crippen LogP contribution in [0.2, 0.25) is 0 Å². The van der Waals surface area contributed by atoms with Gasteiger partial charge in [0.05, 0.1) is 11.5 Å². The second-order valence-electron chi connectivity index (χ2n) is 4.83. The lowest BCUT2D eigenvalue weighted by Gasteiger charge is -2.17. The zero-order chi connectivity index (χ0) is 14.0. The van der Waals surface area contributed by atoms with Gasteiger partial charge in [0.1, 0.15) is 0 Å². The third-order valence-corrected chi connectivity index (χ3v) is 4.35. The van der Waals surface area contributed by atoms with Crippen LogP contribution in [0.25, 0.3) is 0 Å². The quantitative estimate of drug-likeness (QED) is 0.862. The third-order valence-electron chi connectivity index (χ3n) is 3.55. The van der Waals surface area contributed by atoms with Crippen molar-refractivity contribution in [3.05, 3.63) is 29.8 Å². The monoisotopic (exact) mass is 279 g/mol. The van der Waals surface area contributed by atoms with E-state index in [4.69, 9.17) is 5.11 Å². The number of carbonyl (C=O) groups excluding carboxylic acids is 1. The largest absolute Gasteiger partial charge is 0.481 e. The van der Waals surface area contributed by atoms with Crippen molar-refractivity contribution in [1.82, 2.24) is 4.90 Å². The molecule has 1 aliphatic rings. The van der Waals surface area contributed by atoms with Crippen LogP contribution in [0.1, 0.15) is 17.3 Å². The van der Waals surface area contributed by atoms with Crippen molar-refractivity contribution >= 4 is 23.6 Å². The summed E-state index contributed by atoms with van der Waals surface area (Å²) in [6, 6.07) is 7.44. The lowest BCUT2D eigenvalue weighted by molar-refractivity contribution is -0.142. The maximum absolute atomic E-state index is 12.5. The first kappa shape index (κ1) is 13.9. The molecule has 0 radical (unpaired) electrons. The number of nitrogens with zero attached hydrogens (tertiary/aromatic N) is 1. The minimum Gasteiger partial charge on any atom is -0.481 e. The molecule has 1 aliphatic heterocycles. The molecule has 1 aromatic rings. The SMILES string of the molecule is CSc1ccccc1C(=O)N1C[C@@H](C)[C@H](C(=O)O)C1. The number of amides is 1. The molecular weight excluding hydrogens is 262 g/mol. The molecule has 4 nitrogen and oxygen atoms in total. The summed E-state index contributed by atoms with van der Waals surface area (Å²) in [4.78, 5) is 26.1. The highest BCUT2D eigenvalue weighted by atomic mass is 32.2. The van der Waals surface area contributed by atoms with Gasteiger partial charge in [-0.1, -0.05) is 19.1 Å². The Balaban J connectivity index is 2.19. The molecule has 0 spiro atoms. The van der Waals surface area contributed by atoms with Crippen molar-refractivity contribution in [3.63, 3.8) is 0 Å². The summed E-state index contributed by atoms with van der Waals surface area (Å²) < 4.78 is 0. The number of carboxylic acids is 1. The van der Waals surface area contributed by atoms with Crippen LogP contribution in [0.5, 0.6) is 0 Å². The standard InChI is InChI=1S/C14H17NO3S/c1-9-7-15(8-11(9)14(17)18)13(16)10-5-3-4-6-12(10)19-2/h3-6,9,11H,7-8H2,1-2H3,(H,17,18)/t9-,11-/m1/s1. The fraction of sp³-hybridized carbons (Fsp3) is 0.429. The Labute approximate surface area is 116 Å². The Bertz CT molecular complexity index is 503. The highest BCUT2D eigenvalue weighted by molar-refractivity contribution is 7.98. The van der Waals surface area contributed by atoms with Crippen LogP contribution in [0.4, 0.5) is 0 Å². The number of aliphatic carboxylic acids is 1. The minimum atomic E-state index is -0.819. The van der Waals surface area contributed by atoms with Gasteiger partial charge in [-0.15, -0.1) is 11.8 Å². The highest BCUT2D eigenvalue weighted by Crippen LogP contribution is 2.27. The lowest BCUT2D eigenvalue weighted by Crippen LogP contribution is -2.30. The molecule has 1 aromatic carbocycles. The first-order valence-corrected chi connectivity index (χ1v) is 7.42. The normalized spacial score (nSPS) is 22.5. The number of thioether (sulfide) groups is 1. The van der Waals surface area contributed by atoms with Gasteiger partial charge in [-0.2, -0.15) is 0 Å². The second-order valence-corrected chi connectivity index (χ2v) is 5.68. The highest BCUT2D eigenvalue weighted by Gasteiger charge is 2.37. The molecule has 19 heavy (non-hydrogen) atoms. The lowest BCUT2D eigenvalue weighted by atomic mass is 9.99. The van der Waals surface area contributed by atoms with E-state index in [1.54, 1.807) is 11.0 Å². The first-order valence-electron chi connectivity index (χ1n) is 6.19. The van der Waals surface area contributed by atoms with E-state index in [0.29, 0.717) is 18.7 Å². The number of hydrogen-bond donors (Lipinski definition) is 1. The van der Waals surface area contributed by atoms with Crippen LogP contribution < -0.4 is 0 Å². The summed E-state index contributed by atoms with van der Waals surface area (Å²) in [6.07, 6.45) is 1.93. The number of benzene rings is 1. The Morgan fingerprint density at radius 3 is 2.58 bits per heavy atom. The van der Waals surface area contributed by atoms with Crippen LogP contribution in [-0.4, -0.2) is 41.2 Å². The van der Waals surface area contributed by atoms with E-state index in [9.17, 15) is 9.59 Å². The Morgan fingerprint density at radius 2 is 2.00 bits per heavy atom. The van der Waals surface area contributed by atoms with E-state index < -0.39 is 11.9 Å². The van der Waals surface area contributed by atoms with Crippen LogP contribution in [0, 0.1) is 11.8 Å². The Hall–Kier alpha value is -1.49. The zero-order valence-electron chi connectivity index (χ0n) is 11.0. The smallest absolute Gasteiger partial charge is 0.308 e. The Kier molecular flexibility index (Phi) is 4.14. The van der Waals surface area contributed by atoms with E-state index in [2.05, 4.69) is 0 Å². The summed E-state index contributed by atoms with van der Waals surface area (Å²) in [5, 5.41) is 9.11. The molecule has 0 aliphatic carbocycles. The van der Waals surface area contributed by atoms with Gasteiger partial charge in [0.2, 0.25) is 0 Å². The summed E-state index contributed by atoms with van der Waals surface area (Å²) >= 11 is 1.53. The van der Waals surface area contributed by atoms with E-state index in [1.165, 1.54) is 11.8 Å². The summed E-state index contributed by atoms with van der Waals surface area (Å²) in [5.74, 6) is -1.34. The molecule has 1 fully saturated rings.